The average molecular weight is 358 g/mol. The number of nitrogens with one attached hydrogen (secondary N) is 1. The molecule has 1 aromatic carbocycles. The molecule has 0 bridgehead atoms. The number of ether oxygens (including phenoxy) is 1. The third kappa shape index (κ3) is 3.97. The van der Waals surface area contributed by atoms with Crippen LogP contribution in [0.4, 0.5) is 5.69 Å². The topological polar surface area (TPSA) is 72.7 Å². The lowest BCUT2D eigenvalue weighted by atomic mass is 10.2. The zero-order chi connectivity index (χ0) is 17.8. The molecule has 6 nitrogen and oxygen atoms in total. The summed E-state index contributed by atoms with van der Waals surface area (Å²) >= 11 is 5.89. The maximum atomic E-state index is 12.1. The molecule has 0 radical (unpaired) electrons. The Kier molecular flexibility index (Phi) is 5.00. The number of hydrogen-bond donors (Lipinski definition) is 1. The van der Waals surface area contributed by atoms with Crippen molar-refractivity contribution in [1.29, 1.82) is 0 Å². The fourth-order valence-corrected chi connectivity index (χ4v) is 2.51. The van der Waals surface area contributed by atoms with Gasteiger partial charge in [0.05, 0.1) is 29.4 Å². The van der Waals surface area contributed by atoms with Gasteiger partial charge in [-0.15, -0.1) is 0 Å². The van der Waals surface area contributed by atoms with Crippen molar-refractivity contribution in [3.05, 3.63) is 75.3 Å². The zero-order valence-electron chi connectivity index (χ0n) is 13.5. The summed E-state index contributed by atoms with van der Waals surface area (Å²) in [7, 11) is 0. The van der Waals surface area contributed by atoms with E-state index in [-0.39, 0.29) is 11.5 Å². The normalized spacial score (nSPS) is 10.6. The lowest BCUT2D eigenvalue weighted by Crippen LogP contribution is -2.16. The predicted molar refractivity (Wildman–Crippen MR) is 96.2 cm³/mol. The summed E-state index contributed by atoms with van der Waals surface area (Å²) in [5, 5.41) is 3.65. The van der Waals surface area contributed by atoms with Crippen molar-refractivity contribution in [3.63, 3.8) is 0 Å². The van der Waals surface area contributed by atoms with E-state index in [1.54, 1.807) is 43.3 Å². The Balaban J connectivity index is 1.73. The van der Waals surface area contributed by atoms with E-state index in [2.05, 4.69) is 10.3 Å². The summed E-state index contributed by atoms with van der Waals surface area (Å²) in [5.41, 5.74) is 2.26. The van der Waals surface area contributed by atoms with Crippen molar-refractivity contribution in [3.8, 4) is 0 Å². The second kappa shape index (κ2) is 7.36. The molecule has 3 rings (SSSR count). The van der Waals surface area contributed by atoms with Crippen LogP contribution in [0.3, 0.4) is 0 Å². The number of halogens is 1. The number of esters is 1. The second-order valence-electron chi connectivity index (χ2n) is 5.31. The molecule has 2 aromatic heterocycles. The Bertz CT molecular complexity index is 967. The molecule has 0 aliphatic carbocycles. The molecule has 3 aromatic rings. The minimum Gasteiger partial charge on any atom is -0.462 e. The first-order valence-corrected chi connectivity index (χ1v) is 8.13. The Morgan fingerprint density at radius 3 is 2.72 bits per heavy atom. The van der Waals surface area contributed by atoms with Crippen LogP contribution in [0, 0.1) is 0 Å². The average Bonchev–Trinajstić information content (AvgIpc) is 2.61. The molecular formula is C18H16ClN3O3. The first-order valence-electron chi connectivity index (χ1n) is 7.75. The number of nitrogens with zero attached hydrogens (tertiary/aromatic N) is 2. The van der Waals surface area contributed by atoms with Gasteiger partial charge in [-0.25, -0.2) is 9.78 Å². The standard InChI is InChI=1S/C18H16ClN3O3/c1-2-25-18(24)12-3-6-14(7-4-12)20-10-15-9-17(23)22-11-13(19)5-8-16(22)21-15/h3-9,11,20H,2,10H2,1H3. The van der Waals surface area contributed by atoms with Crippen molar-refractivity contribution in [2.45, 2.75) is 13.5 Å². The van der Waals surface area contributed by atoms with Gasteiger partial charge in [0.15, 0.2) is 0 Å². The molecule has 0 saturated carbocycles. The highest BCUT2D eigenvalue weighted by atomic mass is 35.5. The van der Waals surface area contributed by atoms with Crippen LogP contribution < -0.4 is 10.9 Å². The lowest BCUT2D eigenvalue weighted by Gasteiger charge is -2.08. The van der Waals surface area contributed by atoms with Gasteiger partial charge in [0.25, 0.3) is 5.56 Å². The number of carbonyl (C=O) groups excluding carboxylic acids is 1. The van der Waals surface area contributed by atoms with Gasteiger partial charge in [0.1, 0.15) is 5.65 Å². The number of aromatic nitrogens is 2. The summed E-state index contributed by atoms with van der Waals surface area (Å²) in [4.78, 5) is 28.2. The van der Waals surface area contributed by atoms with E-state index < -0.39 is 0 Å². The Hall–Kier alpha value is -2.86. The summed E-state index contributed by atoms with van der Waals surface area (Å²) < 4.78 is 6.35. The summed E-state index contributed by atoms with van der Waals surface area (Å²) in [6, 6.07) is 11.8. The van der Waals surface area contributed by atoms with Crippen molar-refractivity contribution >= 4 is 28.9 Å². The van der Waals surface area contributed by atoms with E-state index in [0.717, 1.165) is 5.69 Å². The van der Waals surface area contributed by atoms with Gasteiger partial charge < -0.3 is 10.1 Å². The smallest absolute Gasteiger partial charge is 0.338 e. The minimum absolute atomic E-state index is 0.193. The van der Waals surface area contributed by atoms with E-state index in [9.17, 15) is 9.59 Å². The number of pyridine rings is 1. The first kappa shape index (κ1) is 17.0. The van der Waals surface area contributed by atoms with Crippen molar-refractivity contribution in [1.82, 2.24) is 9.38 Å². The van der Waals surface area contributed by atoms with Gasteiger partial charge in [0.2, 0.25) is 0 Å². The van der Waals surface area contributed by atoms with Crippen molar-refractivity contribution in [2.24, 2.45) is 0 Å². The Labute approximate surface area is 149 Å². The number of hydrogen-bond acceptors (Lipinski definition) is 5. The van der Waals surface area contributed by atoms with Crippen molar-refractivity contribution in [2.75, 3.05) is 11.9 Å². The molecule has 0 atom stereocenters. The van der Waals surface area contributed by atoms with Gasteiger partial charge in [-0.05, 0) is 43.3 Å². The molecule has 7 heteroatoms. The Morgan fingerprint density at radius 2 is 2.00 bits per heavy atom. The van der Waals surface area contributed by atoms with Crippen molar-refractivity contribution < 1.29 is 9.53 Å². The Morgan fingerprint density at radius 1 is 1.24 bits per heavy atom. The summed E-state index contributed by atoms with van der Waals surface area (Å²) in [6.45, 7) is 2.49. The highest BCUT2D eigenvalue weighted by molar-refractivity contribution is 6.30. The van der Waals surface area contributed by atoms with E-state index in [0.29, 0.717) is 35.1 Å². The molecule has 0 aliphatic heterocycles. The van der Waals surface area contributed by atoms with Gasteiger partial charge in [-0.1, -0.05) is 11.6 Å². The molecular weight excluding hydrogens is 342 g/mol. The highest BCUT2D eigenvalue weighted by Gasteiger charge is 2.06. The molecule has 0 spiro atoms. The molecule has 0 unspecified atom stereocenters. The molecule has 128 valence electrons. The van der Waals surface area contributed by atoms with Crippen LogP contribution in [0.15, 0.2) is 53.5 Å². The van der Waals surface area contributed by atoms with Gasteiger partial charge in [-0.3, -0.25) is 9.20 Å². The summed E-state index contributed by atoms with van der Waals surface area (Å²) in [5.74, 6) is -0.350. The molecule has 0 aliphatic rings. The maximum absolute atomic E-state index is 12.1. The number of rotatable bonds is 5. The molecule has 0 saturated heterocycles. The fraction of sp³-hybridized carbons (Fsp3) is 0.167. The highest BCUT2D eigenvalue weighted by Crippen LogP contribution is 2.12. The monoisotopic (exact) mass is 357 g/mol. The van der Waals surface area contributed by atoms with Crippen LogP contribution in [0.1, 0.15) is 23.0 Å². The molecule has 2 heterocycles. The third-order valence-corrected chi connectivity index (χ3v) is 3.77. The van der Waals surface area contributed by atoms with E-state index in [1.807, 2.05) is 0 Å². The second-order valence-corrected chi connectivity index (χ2v) is 5.75. The van der Waals surface area contributed by atoms with Crippen LogP contribution in [0.25, 0.3) is 5.65 Å². The van der Waals surface area contributed by atoms with Crippen LogP contribution >= 0.6 is 11.6 Å². The van der Waals surface area contributed by atoms with Gasteiger partial charge in [0, 0.05) is 18.0 Å². The van der Waals surface area contributed by atoms with E-state index >= 15 is 0 Å². The minimum atomic E-state index is -0.350. The molecule has 25 heavy (non-hydrogen) atoms. The molecule has 1 N–H and O–H groups in total. The number of carbonyl (C=O) groups is 1. The number of anilines is 1. The largest absolute Gasteiger partial charge is 0.462 e. The zero-order valence-corrected chi connectivity index (χ0v) is 14.3. The maximum Gasteiger partial charge on any atom is 0.338 e. The van der Waals surface area contributed by atoms with Crippen LogP contribution in [-0.4, -0.2) is 22.0 Å². The molecule has 0 amide bonds. The SMILES string of the molecule is CCOC(=O)c1ccc(NCc2cc(=O)n3cc(Cl)ccc3n2)cc1. The van der Waals surface area contributed by atoms with Crippen LogP contribution in [0.2, 0.25) is 5.02 Å². The predicted octanol–water partition coefficient (Wildman–Crippen LogP) is 3.14. The molecule has 0 fully saturated rings. The summed E-state index contributed by atoms with van der Waals surface area (Å²) in [6.07, 6.45) is 1.54. The lowest BCUT2D eigenvalue weighted by molar-refractivity contribution is 0.0526. The quantitative estimate of drug-likeness (QED) is 0.710. The van der Waals surface area contributed by atoms with Crippen LogP contribution in [0.5, 0.6) is 0 Å². The van der Waals surface area contributed by atoms with E-state index in [4.69, 9.17) is 16.3 Å². The van der Waals surface area contributed by atoms with Crippen LogP contribution in [-0.2, 0) is 11.3 Å². The van der Waals surface area contributed by atoms with Gasteiger partial charge >= 0.3 is 5.97 Å². The van der Waals surface area contributed by atoms with Gasteiger partial charge in [-0.2, -0.15) is 0 Å². The van der Waals surface area contributed by atoms with E-state index in [1.165, 1.54) is 16.7 Å². The third-order valence-electron chi connectivity index (χ3n) is 3.55. The first-order chi connectivity index (χ1) is 12.1. The number of fused-ring (bicyclic) bond motifs is 1. The number of benzene rings is 1. The fourth-order valence-electron chi connectivity index (χ4n) is 2.35.